The second-order valence-corrected chi connectivity index (χ2v) is 6.09. The highest BCUT2D eigenvalue weighted by atomic mass is 32.2. The number of rotatable bonds is 6. The molecule has 0 radical (unpaired) electrons. The molecule has 106 valence electrons. The molecule has 0 spiro atoms. The quantitative estimate of drug-likeness (QED) is 0.861. The number of benzene rings is 1. The molecule has 2 unspecified atom stereocenters. The van der Waals surface area contributed by atoms with Gasteiger partial charge in [-0.15, -0.1) is 0 Å². The summed E-state index contributed by atoms with van der Waals surface area (Å²) in [6.45, 7) is 3.06. The predicted molar refractivity (Wildman–Crippen MR) is 79.4 cm³/mol. The molecule has 2 nitrogen and oxygen atoms in total. The zero-order valence-electron chi connectivity index (χ0n) is 11.6. The molecular weight excluding hydrogens is 261 g/mol. The molecule has 1 saturated heterocycles. The Kier molecular flexibility index (Phi) is 5.52. The van der Waals surface area contributed by atoms with Crippen LogP contribution < -0.4 is 10.1 Å². The molecule has 0 saturated carbocycles. The van der Waals surface area contributed by atoms with Crippen molar-refractivity contribution in [3.05, 3.63) is 29.6 Å². The number of thioether (sulfide) groups is 1. The van der Waals surface area contributed by atoms with E-state index in [-0.39, 0.29) is 11.9 Å². The van der Waals surface area contributed by atoms with Crippen LogP contribution in [0.15, 0.2) is 18.2 Å². The first-order valence-corrected chi connectivity index (χ1v) is 8.06. The predicted octanol–water partition coefficient (Wildman–Crippen LogP) is 3.63. The second kappa shape index (κ2) is 7.15. The maximum atomic E-state index is 14.2. The lowest BCUT2D eigenvalue weighted by atomic mass is 9.92. The van der Waals surface area contributed by atoms with Gasteiger partial charge in [-0.1, -0.05) is 13.0 Å². The summed E-state index contributed by atoms with van der Waals surface area (Å²) in [6.07, 6.45) is 2.23. The van der Waals surface area contributed by atoms with Crippen LogP contribution in [-0.2, 0) is 0 Å². The van der Waals surface area contributed by atoms with Crippen molar-refractivity contribution in [1.82, 2.24) is 5.32 Å². The minimum absolute atomic E-state index is 0.126. The molecule has 1 heterocycles. The number of methoxy groups -OCH3 is 1. The minimum atomic E-state index is -0.162. The van der Waals surface area contributed by atoms with Crippen molar-refractivity contribution in [2.75, 3.05) is 25.2 Å². The second-order valence-electron chi connectivity index (χ2n) is 4.94. The lowest BCUT2D eigenvalue weighted by Gasteiger charge is -2.25. The maximum absolute atomic E-state index is 14.2. The van der Waals surface area contributed by atoms with Crippen molar-refractivity contribution in [3.8, 4) is 5.75 Å². The standard InChI is InChI=1S/C15H22FNOS/c1-3-7-17-15(11-6-8-19-10-11)13-5-4-12(18-2)9-14(13)16/h4-5,9,11,15,17H,3,6-8,10H2,1-2H3. The Morgan fingerprint density at radius 1 is 1.53 bits per heavy atom. The average molecular weight is 283 g/mol. The molecule has 19 heavy (non-hydrogen) atoms. The van der Waals surface area contributed by atoms with Gasteiger partial charge in [0, 0.05) is 17.7 Å². The van der Waals surface area contributed by atoms with Gasteiger partial charge in [0.2, 0.25) is 0 Å². The number of nitrogens with one attached hydrogen (secondary N) is 1. The Hall–Kier alpha value is -0.740. The normalized spacial score (nSPS) is 20.5. The summed E-state index contributed by atoms with van der Waals surface area (Å²) in [4.78, 5) is 0. The van der Waals surface area contributed by atoms with Gasteiger partial charge in [-0.05, 0) is 42.9 Å². The summed E-state index contributed by atoms with van der Waals surface area (Å²) in [5, 5.41) is 3.51. The van der Waals surface area contributed by atoms with Gasteiger partial charge in [0.15, 0.2) is 0 Å². The first kappa shape index (κ1) is 14.7. The molecule has 0 bridgehead atoms. The third-order valence-corrected chi connectivity index (χ3v) is 4.78. The van der Waals surface area contributed by atoms with Crippen molar-refractivity contribution < 1.29 is 9.13 Å². The fourth-order valence-corrected chi connectivity index (χ4v) is 3.83. The molecular formula is C15H22FNOS. The lowest BCUT2D eigenvalue weighted by Crippen LogP contribution is -2.29. The number of hydrogen-bond acceptors (Lipinski definition) is 3. The van der Waals surface area contributed by atoms with Crippen LogP contribution in [0.4, 0.5) is 4.39 Å². The molecule has 1 aromatic carbocycles. The molecule has 1 aliphatic rings. The van der Waals surface area contributed by atoms with E-state index in [1.807, 2.05) is 23.9 Å². The summed E-state index contributed by atoms with van der Waals surface area (Å²) in [5.41, 5.74) is 0.779. The van der Waals surface area contributed by atoms with E-state index in [0.29, 0.717) is 11.7 Å². The van der Waals surface area contributed by atoms with Crippen molar-refractivity contribution in [3.63, 3.8) is 0 Å². The van der Waals surface area contributed by atoms with E-state index in [9.17, 15) is 4.39 Å². The van der Waals surface area contributed by atoms with Gasteiger partial charge in [-0.3, -0.25) is 0 Å². The van der Waals surface area contributed by atoms with Gasteiger partial charge in [0.25, 0.3) is 0 Å². The van der Waals surface area contributed by atoms with E-state index in [4.69, 9.17) is 4.74 Å². The summed E-state index contributed by atoms with van der Waals surface area (Å²) >= 11 is 1.97. The Morgan fingerprint density at radius 2 is 2.37 bits per heavy atom. The Morgan fingerprint density at radius 3 is 2.95 bits per heavy atom. The average Bonchev–Trinajstić information content (AvgIpc) is 2.94. The topological polar surface area (TPSA) is 21.3 Å². The molecule has 1 aliphatic heterocycles. The molecule has 1 aromatic rings. The highest BCUT2D eigenvalue weighted by Gasteiger charge is 2.28. The van der Waals surface area contributed by atoms with Crippen molar-refractivity contribution >= 4 is 11.8 Å². The van der Waals surface area contributed by atoms with Crippen molar-refractivity contribution in [1.29, 1.82) is 0 Å². The fourth-order valence-electron chi connectivity index (χ4n) is 2.53. The third-order valence-electron chi connectivity index (χ3n) is 3.59. The zero-order chi connectivity index (χ0) is 13.7. The highest BCUT2D eigenvalue weighted by Crippen LogP contribution is 2.35. The van der Waals surface area contributed by atoms with Crippen LogP contribution in [-0.4, -0.2) is 25.2 Å². The fraction of sp³-hybridized carbons (Fsp3) is 0.600. The summed E-state index contributed by atoms with van der Waals surface area (Å²) in [5.74, 6) is 3.25. The van der Waals surface area contributed by atoms with E-state index in [2.05, 4.69) is 12.2 Å². The SMILES string of the molecule is CCCNC(c1ccc(OC)cc1F)C1CCSC1. The monoisotopic (exact) mass is 283 g/mol. The lowest BCUT2D eigenvalue weighted by molar-refractivity contribution is 0.376. The number of ether oxygens (including phenoxy) is 1. The highest BCUT2D eigenvalue weighted by molar-refractivity contribution is 7.99. The molecule has 0 aromatic heterocycles. The van der Waals surface area contributed by atoms with Crippen LogP contribution in [0.1, 0.15) is 31.4 Å². The third kappa shape index (κ3) is 3.63. The molecule has 1 fully saturated rings. The maximum Gasteiger partial charge on any atom is 0.131 e. The van der Waals surface area contributed by atoms with Crippen LogP contribution in [0.3, 0.4) is 0 Å². The van der Waals surface area contributed by atoms with Crippen LogP contribution in [0, 0.1) is 11.7 Å². The van der Waals surface area contributed by atoms with E-state index < -0.39 is 0 Å². The van der Waals surface area contributed by atoms with E-state index in [1.165, 1.54) is 11.8 Å². The summed E-state index contributed by atoms with van der Waals surface area (Å²) < 4.78 is 19.3. The largest absolute Gasteiger partial charge is 0.497 e. The van der Waals surface area contributed by atoms with Gasteiger partial charge >= 0.3 is 0 Å². The smallest absolute Gasteiger partial charge is 0.131 e. The van der Waals surface area contributed by atoms with Crippen LogP contribution in [0.25, 0.3) is 0 Å². The molecule has 0 amide bonds. The Bertz CT molecular complexity index is 407. The van der Waals surface area contributed by atoms with E-state index in [1.54, 1.807) is 7.11 Å². The van der Waals surface area contributed by atoms with Gasteiger partial charge < -0.3 is 10.1 Å². The summed E-state index contributed by atoms with van der Waals surface area (Å²) in [6, 6.07) is 5.32. The van der Waals surface area contributed by atoms with Gasteiger partial charge in [0.1, 0.15) is 11.6 Å². The Balaban J connectivity index is 2.20. The van der Waals surface area contributed by atoms with Gasteiger partial charge in [-0.2, -0.15) is 11.8 Å². The first-order valence-electron chi connectivity index (χ1n) is 6.90. The van der Waals surface area contributed by atoms with Crippen LogP contribution in [0.2, 0.25) is 0 Å². The van der Waals surface area contributed by atoms with Crippen molar-refractivity contribution in [2.45, 2.75) is 25.8 Å². The van der Waals surface area contributed by atoms with Gasteiger partial charge in [0.05, 0.1) is 7.11 Å². The molecule has 2 rings (SSSR count). The van der Waals surface area contributed by atoms with E-state index >= 15 is 0 Å². The molecule has 1 N–H and O–H groups in total. The number of halogens is 1. The molecule has 2 atom stereocenters. The molecule has 0 aliphatic carbocycles. The van der Waals surface area contributed by atoms with Gasteiger partial charge in [-0.25, -0.2) is 4.39 Å². The molecule has 4 heteroatoms. The zero-order valence-corrected chi connectivity index (χ0v) is 12.4. The minimum Gasteiger partial charge on any atom is -0.497 e. The first-order chi connectivity index (χ1) is 9.26. The number of hydrogen-bond donors (Lipinski definition) is 1. The Labute approximate surface area is 119 Å². The summed E-state index contributed by atoms with van der Waals surface area (Å²) in [7, 11) is 1.56. The van der Waals surface area contributed by atoms with Crippen LogP contribution >= 0.6 is 11.8 Å². The van der Waals surface area contributed by atoms with E-state index in [0.717, 1.165) is 30.7 Å². The van der Waals surface area contributed by atoms with Crippen LogP contribution in [0.5, 0.6) is 5.75 Å². The van der Waals surface area contributed by atoms with Crippen molar-refractivity contribution in [2.24, 2.45) is 5.92 Å².